The number of nitrogens with zero attached hydrogens (tertiary/aromatic N) is 1. The predicted molar refractivity (Wildman–Crippen MR) is 61.1 cm³/mol. The van der Waals surface area contributed by atoms with Gasteiger partial charge >= 0.3 is 0 Å². The lowest BCUT2D eigenvalue weighted by Crippen LogP contribution is -2.25. The molecule has 0 atom stereocenters. The van der Waals surface area contributed by atoms with Crippen molar-refractivity contribution < 1.29 is 0 Å². The van der Waals surface area contributed by atoms with Gasteiger partial charge in [0.05, 0.1) is 0 Å². The van der Waals surface area contributed by atoms with Gasteiger partial charge in [0.25, 0.3) is 0 Å². The second-order valence-electron chi connectivity index (χ2n) is 3.53. The van der Waals surface area contributed by atoms with Crippen LogP contribution in [0.15, 0.2) is 12.2 Å². The highest BCUT2D eigenvalue weighted by Gasteiger charge is 1.99. The van der Waals surface area contributed by atoms with Crippen molar-refractivity contribution in [2.24, 2.45) is 0 Å². The second kappa shape index (κ2) is 9.79. The van der Waals surface area contributed by atoms with Crippen molar-refractivity contribution >= 4 is 0 Å². The van der Waals surface area contributed by atoms with Gasteiger partial charge in [-0.15, -0.1) is 0 Å². The third-order valence-electron chi connectivity index (χ3n) is 2.13. The van der Waals surface area contributed by atoms with E-state index < -0.39 is 0 Å². The first-order valence-electron chi connectivity index (χ1n) is 5.72. The minimum Gasteiger partial charge on any atom is -0.300 e. The standard InChI is InChI=1S/C12H25N/c1-4-7-9-12-13(10-6-3)11-8-5-2/h7,9H,4-6,8,10-12H2,1-3H3/b9-7+. The van der Waals surface area contributed by atoms with Gasteiger partial charge in [-0.3, -0.25) is 4.90 Å². The molecule has 0 aliphatic carbocycles. The number of allylic oxidation sites excluding steroid dienone is 1. The first-order chi connectivity index (χ1) is 6.35. The summed E-state index contributed by atoms with van der Waals surface area (Å²) in [6.07, 6.45) is 9.62. The van der Waals surface area contributed by atoms with Gasteiger partial charge in [-0.2, -0.15) is 0 Å². The van der Waals surface area contributed by atoms with E-state index in [9.17, 15) is 0 Å². The lowest BCUT2D eigenvalue weighted by atomic mass is 10.3. The summed E-state index contributed by atoms with van der Waals surface area (Å²) >= 11 is 0. The van der Waals surface area contributed by atoms with Crippen LogP contribution in [0.3, 0.4) is 0 Å². The topological polar surface area (TPSA) is 3.24 Å². The molecule has 0 heterocycles. The van der Waals surface area contributed by atoms with Crippen LogP contribution in [-0.2, 0) is 0 Å². The van der Waals surface area contributed by atoms with Crippen LogP contribution in [0.5, 0.6) is 0 Å². The molecular weight excluding hydrogens is 158 g/mol. The van der Waals surface area contributed by atoms with Gasteiger partial charge in [0.2, 0.25) is 0 Å². The van der Waals surface area contributed by atoms with Crippen LogP contribution in [0.4, 0.5) is 0 Å². The average molecular weight is 183 g/mol. The molecule has 0 radical (unpaired) electrons. The molecule has 0 aromatic rings. The van der Waals surface area contributed by atoms with Gasteiger partial charge in [-0.1, -0.05) is 39.3 Å². The predicted octanol–water partition coefficient (Wildman–Crippen LogP) is 3.46. The molecule has 0 saturated heterocycles. The van der Waals surface area contributed by atoms with Crippen LogP contribution in [-0.4, -0.2) is 24.5 Å². The first-order valence-corrected chi connectivity index (χ1v) is 5.72. The smallest absolute Gasteiger partial charge is 0.0163 e. The molecule has 0 unspecified atom stereocenters. The molecule has 0 saturated carbocycles. The fourth-order valence-electron chi connectivity index (χ4n) is 1.38. The van der Waals surface area contributed by atoms with Crippen LogP contribution in [0.2, 0.25) is 0 Å². The Morgan fingerprint density at radius 1 is 0.923 bits per heavy atom. The third-order valence-corrected chi connectivity index (χ3v) is 2.13. The van der Waals surface area contributed by atoms with Crippen molar-refractivity contribution in [3.63, 3.8) is 0 Å². The molecule has 0 fully saturated rings. The maximum absolute atomic E-state index is 2.54. The van der Waals surface area contributed by atoms with Crippen molar-refractivity contribution in [2.45, 2.75) is 46.5 Å². The fourth-order valence-corrected chi connectivity index (χ4v) is 1.38. The molecule has 0 N–H and O–H groups in total. The summed E-state index contributed by atoms with van der Waals surface area (Å²) in [5.41, 5.74) is 0. The Morgan fingerprint density at radius 2 is 1.69 bits per heavy atom. The largest absolute Gasteiger partial charge is 0.300 e. The van der Waals surface area contributed by atoms with E-state index in [1.165, 1.54) is 32.4 Å². The average Bonchev–Trinajstić information content (AvgIpc) is 2.14. The highest BCUT2D eigenvalue weighted by Crippen LogP contribution is 1.97. The zero-order valence-electron chi connectivity index (χ0n) is 9.55. The molecule has 78 valence electrons. The lowest BCUT2D eigenvalue weighted by molar-refractivity contribution is 0.298. The Hall–Kier alpha value is -0.300. The Kier molecular flexibility index (Phi) is 9.56. The van der Waals surface area contributed by atoms with E-state index in [0.29, 0.717) is 0 Å². The van der Waals surface area contributed by atoms with E-state index in [1.807, 2.05) is 0 Å². The second-order valence-corrected chi connectivity index (χ2v) is 3.53. The monoisotopic (exact) mass is 183 g/mol. The minimum absolute atomic E-state index is 1.14. The van der Waals surface area contributed by atoms with E-state index in [2.05, 4.69) is 37.8 Å². The van der Waals surface area contributed by atoms with E-state index >= 15 is 0 Å². The van der Waals surface area contributed by atoms with Crippen LogP contribution in [0.1, 0.15) is 46.5 Å². The van der Waals surface area contributed by atoms with E-state index in [-0.39, 0.29) is 0 Å². The number of hydrogen-bond acceptors (Lipinski definition) is 1. The third kappa shape index (κ3) is 8.04. The summed E-state index contributed by atoms with van der Waals surface area (Å²) in [5, 5.41) is 0. The molecule has 1 nitrogen and oxygen atoms in total. The maximum Gasteiger partial charge on any atom is 0.0163 e. The molecular formula is C12H25N. The van der Waals surface area contributed by atoms with Crippen LogP contribution < -0.4 is 0 Å². The van der Waals surface area contributed by atoms with Gasteiger partial charge in [-0.25, -0.2) is 0 Å². The molecule has 0 bridgehead atoms. The number of rotatable bonds is 8. The quantitative estimate of drug-likeness (QED) is 0.521. The zero-order valence-corrected chi connectivity index (χ0v) is 9.55. The van der Waals surface area contributed by atoms with Crippen molar-refractivity contribution in [2.75, 3.05) is 19.6 Å². The molecule has 0 amide bonds. The molecule has 0 spiro atoms. The van der Waals surface area contributed by atoms with Gasteiger partial charge in [0.1, 0.15) is 0 Å². The number of hydrogen-bond donors (Lipinski definition) is 0. The summed E-state index contributed by atoms with van der Waals surface area (Å²) in [4.78, 5) is 2.54. The summed E-state index contributed by atoms with van der Waals surface area (Å²) in [6, 6.07) is 0. The molecule has 0 aromatic heterocycles. The van der Waals surface area contributed by atoms with Gasteiger partial charge < -0.3 is 0 Å². The summed E-state index contributed by atoms with van der Waals surface area (Å²) in [7, 11) is 0. The number of unbranched alkanes of at least 4 members (excludes halogenated alkanes) is 1. The molecule has 13 heavy (non-hydrogen) atoms. The van der Waals surface area contributed by atoms with Crippen molar-refractivity contribution in [3.8, 4) is 0 Å². The molecule has 0 rings (SSSR count). The Labute approximate surface area is 83.8 Å². The normalized spacial score (nSPS) is 11.7. The minimum atomic E-state index is 1.14. The summed E-state index contributed by atoms with van der Waals surface area (Å²) in [6.45, 7) is 10.3. The molecule has 0 aromatic carbocycles. The van der Waals surface area contributed by atoms with Crippen LogP contribution in [0, 0.1) is 0 Å². The van der Waals surface area contributed by atoms with E-state index in [1.54, 1.807) is 0 Å². The summed E-state index contributed by atoms with van der Waals surface area (Å²) in [5.74, 6) is 0. The van der Waals surface area contributed by atoms with Gasteiger partial charge in [0, 0.05) is 6.54 Å². The van der Waals surface area contributed by atoms with Crippen LogP contribution >= 0.6 is 0 Å². The van der Waals surface area contributed by atoms with Crippen molar-refractivity contribution in [1.82, 2.24) is 4.90 Å². The summed E-state index contributed by atoms with van der Waals surface area (Å²) < 4.78 is 0. The van der Waals surface area contributed by atoms with Gasteiger partial charge in [0.15, 0.2) is 0 Å². The highest BCUT2D eigenvalue weighted by atomic mass is 15.1. The SMILES string of the molecule is CC/C=C/CN(CCC)CCCC. The molecule has 0 aliphatic heterocycles. The van der Waals surface area contributed by atoms with Crippen molar-refractivity contribution in [1.29, 1.82) is 0 Å². The van der Waals surface area contributed by atoms with Crippen molar-refractivity contribution in [3.05, 3.63) is 12.2 Å². The van der Waals surface area contributed by atoms with Gasteiger partial charge in [-0.05, 0) is 32.4 Å². The maximum atomic E-state index is 2.54. The molecule has 1 heteroatoms. The Bertz CT molecular complexity index is 118. The fraction of sp³-hybridized carbons (Fsp3) is 0.833. The lowest BCUT2D eigenvalue weighted by Gasteiger charge is -2.19. The molecule has 0 aliphatic rings. The van der Waals surface area contributed by atoms with E-state index in [0.717, 1.165) is 13.0 Å². The van der Waals surface area contributed by atoms with Crippen LogP contribution in [0.25, 0.3) is 0 Å². The zero-order chi connectivity index (χ0) is 9.94. The Morgan fingerprint density at radius 3 is 2.23 bits per heavy atom. The Balaban J connectivity index is 3.59. The highest BCUT2D eigenvalue weighted by molar-refractivity contribution is 4.83. The first kappa shape index (κ1) is 12.7. The van der Waals surface area contributed by atoms with E-state index in [4.69, 9.17) is 0 Å².